The lowest BCUT2D eigenvalue weighted by molar-refractivity contribution is 0.0527. The third-order valence-electron chi connectivity index (χ3n) is 5.05. The van der Waals surface area contributed by atoms with E-state index >= 15 is 0 Å². The third kappa shape index (κ3) is 5.44. The van der Waals surface area contributed by atoms with Crippen LogP contribution in [0.25, 0.3) is 0 Å². The lowest BCUT2D eigenvalue weighted by atomic mass is 10.1. The summed E-state index contributed by atoms with van der Waals surface area (Å²) in [6.07, 6.45) is 3.56. The fourth-order valence-corrected chi connectivity index (χ4v) is 5.45. The number of sulfonamides is 1. The van der Waals surface area contributed by atoms with Gasteiger partial charge in [-0.25, -0.2) is 13.2 Å². The highest BCUT2D eigenvalue weighted by molar-refractivity contribution is 7.89. The number of carbonyl (C=O) groups excluding carboxylic acids is 2. The molecule has 1 fully saturated rings. The van der Waals surface area contributed by atoms with Crippen molar-refractivity contribution in [3.05, 3.63) is 58.6 Å². The lowest BCUT2D eigenvalue weighted by Gasteiger charge is -2.21. The number of benzene rings is 2. The molecule has 1 aliphatic heterocycles. The molecule has 0 radical (unpaired) electrons. The SMILES string of the molecule is CCOC(=O)c1ccccc1NC(=O)c1ccc(Cl)c(S(=O)(=O)N2CCCCCC2)c1. The number of carbonyl (C=O) groups is 2. The topological polar surface area (TPSA) is 92.8 Å². The van der Waals surface area contributed by atoms with E-state index in [1.807, 2.05) is 0 Å². The van der Waals surface area contributed by atoms with Gasteiger partial charge < -0.3 is 10.1 Å². The Bertz CT molecular complexity index is 1060. The zero-order chi connectivity index (χ0) is 22.4. The Morgan fingerprint density at radius 3 is 2.42 bits per heavy atom. The van der Waals surface area contributed by atoms with Gasteiger partial charge in [-0.05, 0) is 50.1 Å². The maximum Gasteiger partial charge on any atom is 0.340 e. The minimum Gasteiger partial charge on any atom is -0.462 e. The first-order valence-corrected chi connectivity index (χ1v) is 12.0. The summed E-state index contributed by atoms with van der Waals surface area (Å²) in [6, 6.07) is 10.6. The Kier molecular flexibility index (Phi) is 7.69. The van der Waals surface area contributed by atoms with Crippen LogP contribution < -0.4 is 5.32 Å². The fourth-order valence-electron chi connectivity index (χ4n) is 3.44. The van der Waals surface area contributed by atoms with Gasteiger partial charge in [0.15, 0.2) is 0 Å². The molecule has 2 aromatic rings. The van der Waals surface area contributed by atoms with Crippen molar-refractivity contribution < 1.29 is 22.7 Å². The Morgan fingerprint density at radius 2 is 1.74 bits per heavy atom. The van der Waals surface area contributed by atoms with Crippen LogP contribution in [0.3, 0.4) is 0 Å². The van der Waals surface area contributed by atoms with Crippen molar-refractivity contribution in [1.82, 2.24) is 4.31 Å². The molecule has 3 rings (SSSR count). The number of hydrogen-bond acceptors (Lipinski definition) is 5. The van der Waals surface area contributed by atoms with E-state index < -0.39 is 21.9 Å². The number of hydrogen-bond donors (Lipinski definition) is 1. The Hall–Kier alpha value is -2.42. The van der Waals surface area contributed by atoms with E-state index in [0.717, 1.165) is 25.7 Å². The highest BCUT2D eigenvalue weighted by Gasteiger charge is 2.28. The quantitative estimate of drug-likeness (QED) is 0.642. The molecule has 0 bridgehead atoms. The monoisotopic (exact) mass is 464 g/mol. The van der Waals surface area contributed by atoms with Crippen molar-refractivity contribution in [2.75, 3.05) is 25.0 Å². The van der Waals surface area contributed by atoms with Gasteiger partial charge in [0.25, 0.3) is 5.91 Å². The number of anilines is 1. The molecular weight excluding hydrogens is 440 g/mol. The lowest BCUT2D eigenvalue weighted by Crippen LogP contribution is -2.32. The summed E-state index contributed by atoms with van der Waals surface area (Å²) in [5, 5.41) is 2.73. The van der Waals surface area contributed by atoms with Crippen LogP contribution >= 0.6 is 11.6 Å². The first kappa shape index (κ1) is 23.2. The number of esters is 1. The van der Waals surface area contributed by atoms with Gasteiger partial charge >= 0.3 is 5.97 Å². The molecule has 1 N–H and O–H groups in total. The number of nitrogens with zero attached hydrogens (tertiary/aromatic N) is 1. The summed E-state index contributed by atoms with van der Waals surface area (Å²) in [5.41, 5.74) is 0.610. The summed E-state index contributed by atoms with van der Waals surface area (Å²) in [6.45, 7) is 2.76. The van der Waals surface area contributed by atoms with Crippen molar-refractivity contribution >= 4 is 39.2 Å². The first-order valence-electron chi connectivity index (χ1n) is 10.2. The van der Waals surface area contributed by atoms with Crippen LogP contribution in [0.2, 0.25) is 5.02 Å². The van der Waals surface area contributed by atoms with Crippen LogP contribution in [0.15, 0.2) is 47.4 Å². The molecule has 7 nitrogen and oxygen atoms in total. The standard InChI is InChI=1S/C22H25ClN2O5S/c1-2-30-22(27)17-9-5-6-10-19(17)24-21(26)16-11-12-18(23)20(15-16)31(28,29)25-13-7-3-4-8-14-25/h5-6,9-12,15H,2-4,7-8,13-14H2,1H3,(H,24,26). The number of rotatable bonds is 6. The van der Waals surface area contributed by atoms with Crippen LogP contribution in [0.5, 0.6) is 0 Å². The normalized spacial score (nSPS) is 15.2. The maximum absolute atomic E-state index is 13.2. The summed E-state index contributed by atoms with van der Waals surface area (Å²) in [7, 11) is -3.83. The predicted octanol–water partition coefficient (Wildman–Crippen LogP) is 4.33. The second-order valence-corrected chi connectivity index (χ2v) is 9.50. The second-order valence-electron chi connectivity index (χ2n) is 7.18. The van der Waals surface area contributed by atoms with Gasteiger partial charge in [-0.3, -0.25) is 4.79 Å². The Balaban J connectivity index is 1.88. The zero-order valence-corrected chi connectivity index (χ0v) is 18.8. The van der Waals surface area contributed by atoms with Crippen LogP contribution in [0.4, 0.5) is 5.69 Å². The molecule has 1 heterocycles. The van der Waals surface area contributed by atoms with Gasteiger partial charge in [0, 0.05) is 18.7 Å². The van der Waals surface area contributed by atoms with Gasteiger partial charge in [-0.1, -0.05) is 36.6 Å². The van der Waals surface area contributed by atoms with E-state index in [0.29, 0.717) is 13.1 Å². The molecule has 31 heavy (non-hydrogen) atoms. The Morgan fingerprint density at radius 1 is 1.06 bits per heavy atom. The summed E-state index contributed by atoms with van der Waals surface area (Å²) in [4.78, 5) is 24.9. The van der Waals surface area contributed by atoms with Crippen molar-refractivity contribution in [3.63, 3.8) is 0 Å². The number of nitrogens with one attached hydrogen (secondary N) is 1. The average Bonchev–Trinajstić information content (AvgIpc) is 3.04. The molecule has 1 saturated heterocycles. The smallest absolute Gasteiger partial charge is 0.340 e. The average molecular weight is 465 g/mol. The first-order chi connectivity index (χ1) is 14.8. The summed E-state index contributed by atoms with van der Waals surface area (Å²) in [5.74, 6) is -1.11. The molecule has 0 aliphatic carbocycles. The van der Waals surface area contributed by atoms with Gasteiger partial charge in [0.2, 0.25) is 10.0 Å². The summed E-state index contributed by atoms with van der Waals surface area (Å²) >= 11 is 6.21. The molecule has 166 valence electrons. The van der Waals surface area contributed by atoms with E-state index in [-0.39, 0.29) is 33.3 Å². The van der Waals surface area contributed by atoms with Gasteiger partial charge in [-0.2, -0.15) is 4.31 Å². The van der Waals surface area contributed by atoms with E-state index in [4.69, 9.17) is 16.3 Å². The number of halogens is 1. The maximum atomic E-state index is 13.2. The largest absolute Gasteiger partial charge is 0.462 e. The van der Waals surface area contributed by atoms with Crippen molar-refractivity contribution in [2.45, 2.75) is 37.5 Å². The third-order valence-corrected chi connectivity index (χ3v) is 7.43. The highest BCUT2D eigenvalue weighted by Crippen LogP contribution is 2.28. The number of ether oxygens (including phenoxy) is 1. The van der Waals surface area contributed by atoms with Crippen LogP contribution in [-0.4, -0.2) is 44.3 Å². The highest BCUT2D eigenvalue weighted by atomic mass is 35.5. The van der Waals surface area contributed by atoms with E-state index in [1.165, 1.54) is 22.5 Å². The van der Waals surface area contributed by atoms with Gasteiger partial charge in [0.05, 0.1) is 22.9 Å². The van der Waals surface area contributed by atoms with Crippen molar-refractivity contribution in [3.8, 4) is 0 Å². The molecule has 0 aromatic heterocycles. The molecule has 0 spiro atoms. The van der Waals surface area contributed by atoms with Crippen LogP contribution in [-0.2, 0) is 14.8 Å². The Labute approximate surface area is 187 Å². The van der Waals surface area contributed by atoms with Crippen LogP contribution in [0.1, 0.15) is 53.3 Å². The minimum absolute atomic E-state index is 0.0627. The van der Waals surface area contributed by atoms with E-state index in [1.54, 1.807) is 31.2 Å². The molecule has 0 atom stereocenters. The molecule has 0 saturated carbocycles. The minimum atomic E-state index is -3.83. The number of para-hydroxylation sites is 1. The zero-order valence-electron chi connectivity index (χ0n) is 17.3. The van der Waals surface area contributed by atoms with Crippen molar-refractivity contribution in [2.24, 2.45) is 0 Å². The molecule has 2 aromatic carbocycles. The van der Waals surface area contributed by atoms with E-state index in [9.17, 15) is 18.0 Å². The molecule has 1 aliphatic rings. The van der Waals surface area contributed by atoms with Crippen molar-refractivity contribution in [1.29, 1.82) is 0 Å². The van der Waals surface area contributed by atoms with Gasteiger partial charge in [0.1, 0.15) is 4.90 Å². The molecule has 1 amide bonds. The summed E-state index contributed by atoms with van der Waals surface area (Å²) < 4.78 is 32.8. The fraction of sp³-hybridized carbons (Fsp3) is 0.364. The van der Waals surface area contributed by atoms with E-state index in [2.05, 4.69) is 5.32 Å². The van der Waals surface area contributed by atoms with Crippen LogP contribution in [0, 0.1) is 0 Å². The predicted molar refractivity (Wildman–Crippen MR) is 119 cm³/mol. The molecule has 0 unspecified atom stereocenters. The molecular formula is C22H25ClN2O5S. The van der Waals surface area contributed by atoms with Gasteiger partial charge in [-0.15, -0.1) is 0 Å². The number of amides is 1. The molecule has 9 heteroatoms. The second kappa shape index (κ2) is 10.3.